The molecule has 25 heavy (non-hydrogen) atoms. The van der Waals surface area contributed by atoms with E-state index in [0.717, 1.165) is 11.1 Å². The summed E-state index contributed by atoms with van der Waals surface area (Å²) >= 11 is 6.06. The van der Waals surface area contributed by atoms with Crippen molar-refractivity contribution < 1.29 is 14.3 Å². The van der Waals surface area contributed by atoms with E-state index in [4.69, 9.17) is 16.3 Å². The molecule has 2 amide bonds. The highest BCUT2D eigenvalue weighted by Gasteiger charge is 2.16. The second-order valence-corrected chi connectivity index (χ2v) is 6.11. The van der Waals surface area contributed by atoms with Gasteiger partial charge in [-0.25, -0.2) is 0 Å². The lowest BCUT2D eigenvalue weighted by Crippen LogP contribution is -2.36. The number of ether oxygens (including phenoxy) is 1. The van der Waals surface area contributed by atoms with Crippen molar-refractivity contribution in [3.63, 3.8) is 0 Å². The predicted octanol–water partition coefficient (Wildman–Crippen LogP) is 3.64. The number of nitrogens with one attached hydrogen (secondary N) is 1. The molecule has 0 unspecified atom stereocenters. The molecule has 5 nitrogen and oxygen atoms in total. The van der Waals surface area contributed by atoms with Gasteiger partial charge in [0.05, 0.1) is 7.11 Å². The highest BCUT2D eigenvalue weighted by atomic mass is 35.5. The summed E-state index contributed by atoms with van der Waals surface area (Å²) in [4.78, 5) is 25.7. The summed E-state index contributed by atoms with van der Waals surface area (Å²) in [5, 5.41) is 3.34. The maximum Gasteiger partial charge on any atom is 0.244 e. The maximum atomic E-state index is 12.3. The van der Waals surface area contributed by atoms with Gasteiger partial charge in [0.25, 0.3) is 0 Å². The average Bonchev–Trinajstić information content (AvgIpc) is 2.58. The first-order chi connectivity index (χ1) is 11.9. The van der Waals surface area contributed by atoms with Crippen LogP contribution in [0.5, 0.6) is 5.75 Å². The smallest absolute Gasteiger partial charge is 0.244 e. The monoisotopic (exact) mass is 360 g/mol. The van der Waals surface area contributed by atoms with Crippen LogP contribution in [-0.2, 0) is 16.1 Å². The highest BCUT2D eigenvalue weighted by Crippen LogP contribution is 2.21. The summed E-state index contributed by atoms with van der Waals surface area (Å²) in [6, 6.07) is 12.7. The number of halogens is 1. The summed E-state index contributed by atoms with van der Waals surface area (Å²) in [7, 11) is 1.57. The summed E-state index contributed by atoms with van der Waals surface area (Å²) in [6.45, 7) is 3.56. The van der Waals surface area contributed by atoms with Gasteiger partial charge >= 0.3 is 0 Å². The van der Waals surface area contributed by atoms with E-state index in [1.54, 1.807) is 19.2 Å². The number of nitrogens with zero attached hydrogens (tertiary/aromatic N) is 1. The Bertz CT molecular complexity index is 777. The van der Waals surface area contributed by atoms with E-state index in [1.807, 2.05) is 37.3 Å². The van der Waals surface area contributed by atoms with Gasteiger partial charge in [0.1, 0.15) is 12.3 Å². The predicted molar refractivity (Wildman–Crippen MR) is 98.9 cm³/mol. The van der Waals surface area contributed by atoms with Crippen molar-refractivity contribution in [3.05, 3.63) is 58.6 Å². The van der Waals surface area contributed by atoms with Gasteiger partial charge < -0.3 is 15.0 Å². The van der Waals surface area contributed by atoms with Gasteiger partial charge in [-0.05, 0) is 30.7 Å². The Hall–Kier alpha value is -2.53. The van der Waals surface area contributed by atoms with Crippen LogP contribution in [0.1, 0.15) is 18.1 Å². The van der Waals surface area contributed by atoms with Crippen LogP contribution < -0.4 is 10.1 Å². The number of hydrogen-bond donors (Lipinski definition) is 1. The molecule has 6 heteroatoms. The zero-order valence-corrected chi connectivity index (χ0v) is 15.3. The minimum Gasteiger partial charge on any atom is -0.496 e. The maximum absolute atomic E-state index is 12.3. The Morgan fingerprint density at radius 2 is 1.92 bits per heavy atom. The number of para-hydroxylation sites is 1. The molecule has 2 aromatic carbocycles. The lowest BCUT2D eigenvalue weighted by atomic mass is 10.2. The highest BCUT2D eigenvalue weighted by molar-refractivity contribution is 6.31. The molecule has 0 aliphatic heterocycles. The lowest BCUT2D eigenvalue weighted by Gasteiger charge is -2.22. The molecule has 1 N–H and O–H groups in total. The number of aryl methyl sites for hydroxylation is 1. The molecule has 0 spiro atoms. The molecule has 0 bridgehead atoms. The van der Waals surface area contributed by atoms with E-state index in [0.29, 0.717) is 23.0 Å². The van der Waals surface area contributed by atoms with Crippen molar-refractivity contribution >= 4 is 29.1 Å². The second-order valence-electron chi connectivity index (χ2n) is 5.70. The van der Waals surface area contributed by atoms with Crippen molar-refractivity contribution in [2.24, 2.45) is 0 Å². The summed E-state index contributed by atoms with van der Waals surface area (Å²) in [5.74, 6) is 0.201. The molecule has 0 radical (unpaired) electrons. The third-order valence-electron chi connectivity index (χ3n) is 3.79. The van der Waals surface area contributed by atoms with Gasteiger partial charge in [-0.2, -0.15) is 0 Å². The third-order valence-corrected chi connectivity index (χ3v) is 4.20. The van der Waals surface area contributed by atoms with Gasteiger partial charge in [-0.15, -0.1) is 0 Å². The first kappa shape index (κ1) is 18.8. The fourth-order valence-corrected chi connectivity index (χ4v) is 2.54. The second kappa shape index (κ2) is 8.53. The van der Waals surface area contributed by atoms with Crippen LogP contribution in [0.3, 0.4) is 0 Å². The fraction of sp³-hybridized carbons (Fsp3) is 0.263. The van der Waals surface area contributed by atoms with Gasteiger partial charge in [-0.3, -0.25) is 9.59 Å². The first-order valence-electron chi connectivity index (χ1n) is 7.84. The zero-order valence-electron chi connectivity index (χ0n) is 14.5. The van der Waals surface area contributed by atoms with Crippen LogP contribution in [-0.4, -0.2) is 30.4 Å². The molecular formula is C19H21ClN2O3. The van der Waals surface area contributed by atoms with E-state index in [-0.39, 0.29) is 18.4 Å². The topological polar surface area (TPSA) is 58.6 Å². The van der Waals surface area contributed by atoms with Crippen LogP contribution in [0.2, 0.25) is 5.02 Å². The SMILES string of the molecule is COc1ccccc1CN(CC(=O)Nc1ccc(C)c(Cl)c1)C(C)=O. The number of rotatable bonds is 6. The Morgan fingerprint density at radius 1 is 1.20 bits per heavy atom. The van der Waals surface area contributed by atoms with E-state index in [9.17, 15) is 9.59 Å². The molecule has 0 heterocycles. The number of methoxy groups -OCH3 is 1. The molecule has 2 rings (SSSR count). The Labute approximate surface area is 152 Å². The molecule has 0 saturated carbocycles. The minimum atomic E-state index is -0.287. The molecule has 0 aliphatic carbocycles. The Balaban J connectivity index is 2.06. The van der Waals surface area contributed by atoms with Gasteiger partial charge in [0, 0.05) is 29.7 Å². The first-order valence-corrected chi connectivity index (χ1v) is 8.22. The molecule has 2 aromatic rings. The normalized spacial score (nSPS) is 10.2. The number of benzene rings is 2. The number of carbonyl (C=O) groups is 2. The van der Waals surface area contributed by atoms with E-state index in [2.05, 4.69) is 5.32 Å². The van der Waals surface area contributed by atoms with Crippen LogP contribution in [0.25, 0.3) is 0 Å². The van der Waals surface area contributed by atoms with Gasteiger partial charge in [-0.1, -0.05) is 35.9 Å². The van der Waals surface area contributed by atoms with E-state index < -0.39 is 0 Å². The van der Waals surface area contributed by atoms with Crippen LogP contribution in [0.4, 0.5) is 5.69 Å². The van der Waals surface area contributed by atoms with Crippen LogP contribution >= 0.6 is 11.6 Å². The molecule has 0 fully saturated rings. The minimum absolute atomic E-state index is 0.0567. The molecule has 0 aromatic heterocycles. The average molecular weight is 361 g/mol. The standard InChI is InChI=1S/C19H21ClN2O3/c1-13-8-9-16(10-17(13)20)21-19(24)12-22(14(2)23)11-15-6-4-5-7-18(15)25-3/h4-10H,11-12H2,1-3H3,(H,21,24). The Morgan fingerprint density at radius 3 is 2.56 bits per heavy atom. The van der Waals surface area contributed by atoms with Gasteiger partial charge in [0.15, 0.2) is 0 Å². The van der Waals surface area contributed by atoms with Crippen molar-refractivity contribution in [2.75, 3.05) is 19.0 Å². The number of anilines is 1. The van der Waals surface area contributed by atoms with Crippen molar-refractivity contribution in [1.29, 1.82) is 0 Å². The molecule has 0 aliphatic rings. The quantitative estimate of drug-likeness (QED) is 0.855. The zero-order chi connectivity index (χ0) is 18.4. The van der Waals surface area contributed by atoms with Crippen LogP contribution in [0, 0.1) is 6.92 Å². The Kier molecular flexibility index (Phi) is 6.42. The summed E-state index contributed by atoms with van der Waals surface area (Å²) < 4.78 is 5.30. The fourth-order valence-electron chi connectivity index (χ4n) is 2.36. The molecular weight excluding hydrogens is 340 g/mol. The van der Waals surface area contributed by atoms with E-state index in [1.165, 1.54) is 11.8 Å². The summed E-state index contributed by atoms with van der Waals surface area (Å²) in [6.07, 6.45) is 0. The van der Waals surface area contributed by atoms with E-state index >= 15 is 0 Å². The van der Waals surface area contributed by atoms with Gasteiger partial charge in [0.2, 0.25) is 11.8 Å². The molecule has 132 valence electrons. The van der Waals surface area contributed by atoms with Crippen molar-refractivity contribution in [2.45, 2.75) is 20.4 Å². The van der Waals surface area contributed by atoms with Crippen molar-refractivity contribution in [1.82, 2.24) is 4.90 Å². The molecule has 0 atom stereocenters. The number of carbonyl (C=O) groups excluding carboxylic acids is 2. The third kappa shape index (κ3) is 5.22. The largest absolute Gasteiger partial charge is 0.496 e. The lowest BCUT2D eigenvalue weighted by molar-refractivity contribution is -0.133. The summed E-state index contributed by atoms with van der Waals surface area (Å²) in [5.41, 5.74) is 2.37. The number of hydrogen-bond acceptors (Lipinski definition) is 3. The molecule has 0 saturated heterocycles. The number of amides is 2. The van der Waals surface area contributed by atoms with Crippen molar-refractivity contribution in [3.8, 4) is 5.75 Å². The van der Waals surface area contributed by atoms with Crippen LogP contribution in [0.15, 0.2) is 42.5 Å².